The van der Waals surface area contributed by atoms with Crippen molar-refractivity contribution in [2.24, 2.45) is 0 Å². The number of rotatable bonds is 3. The van der Waals surface area contributed by atoms with Crippen LogP contribution in [-0.2, 0) is 0 Å². The van der Waals surface area contributed by atoms with Crippen LogP contribution in [0.25, 0.3) is 22.2 Å². The lowest BCUT2D eigenvalue weighted by atomic mass is 10.1. The van der Waals surface area contributed by atoms with Crippen molar-refractivity contribution in [3.63, 3.8) is 0 Å². The third kappa shape index (κ3) is 2.58. The maximum Gasteiger partial charge on any atom is 0.346 e. The second-order valence-electron chi connectivity index (χ2n) is 5.45. The molecule has 0 radical (unpaired) electrons. The summed E-state index contributed by atoms with van der Waals surface area (Å²) in [6, 6.07) is 13.2. The Balaban J connectivity index is 2.00. The van der Waals surface area contributed by atoms with E-state index in [0.29, 0.717) is 22.0 Å². The quantitative estimate of drug-likeness (QED) is 0.776. The van der Waals surface area contributed by atoms with Crippen molar-refractivity contribution in [2.45, 2.75) is 6.10 Å². The molecule has 2 heterocycles. The Labute approximate surface area is 137 Å². The lowest BCUT2D eigenvalue weighted by Crippen LogP contribution is -2.50. The first-order chi connectivity index (χ1) is 11.2. The molecule has 1 saturated heterocycles. The Kier molecular flexibility index (Phi) is 3.52. The van der Waals surface area contributed by atoms with Crippen molar-refractivity contribution in [1.29, 1.82) is 0 Å². The van der Waals surface area contributed by atoms with Gasteiger partial charge >= 0.3 is 5.69 Å². The Bertz CT molecular complexity index is 920. The number of nitrogens with zero attached hydrogens (tertiary/aromatic N) is 1. The fourth-order valence-electron chi connectivity index (χ4n) is 2.64. The largest absolute Gasteiger partial charge is 0.487 e. The molecule has 6 heteroatoms. The summed E-state index contributed by atoms with van der Waals surface area (Å²) in [6.07, 6.45) is 0.120. The zero-order chi connectivity index (χ0) is 15.8. The molecule has 1 fully saturated rings. The van der Waals surface area contributed by atoms with Gasteiger partial charge in [0.15, 0.2) is 0 Å². The zero-order valence-corrected chi connectivity index (χ0v) is 12.9. The number of hydrogen-bond donors (Lipinski definition) is 2. The molecule has 23 heavy (non-hydrogen) atoms. The highest BCUT2D eigenvalue weighted by atomic mass is 35.5. The molecule has 1 aliphatic rings. The van der Waals surface area contributed by atoms with Gasteiger partial charge in [0.1, 0.15) is 17.4 Å². The van der Waals surface area contributed by atoms with Gasteiger partial charge in [0, 0.05) is 13.1 Å². The normalized spacial score (nSPS) is 14.7. The molecule has 0 aliphatic carbocycles. The summed E-state index contributed by atoms with van der Waals surface area (Å²) in [4.78, 5) is 18.8. The van der Waals surface area contributed by atoms with Gasteiger partial charge in [-0.05, 0) is 17.7 Å². The van der Waals surface area contributed by atoms with Crippen LogP contribution in [0.5, 0.6) is 5.75 Å². The van der Waals surface area contributed by atoms with Gasteiger partial charge in [-0.25, -0.2) is 4.79 Å². The number of hydrogen-bond acceptors (Lipinski definition) is 4. The highest BCUT2D eigenvalue weighted by molar-refractivity contribution is 6.35. The molecule has 3 aromatic rings. The SMILES string of the molecule is O=c1nc2c(Cl)ccc(OC3CNC3)c2c(-c2ccccc2)[nH]1. The van der Waals surface area contributed by atoms with Crippen molar-refractivity contribution in [3.05, 3.63) is 58.0 Å². The van der Waals surface area contributed by atoms with Crippen molar-refractivity contribution in [2.75, 3.05) is 13.1 Å². The van der Waals surface area contributed by atoms with Crippen LogP contribution in [-0.4, -0.2) is 29.2 Å². The Morgan fingerprint density at radius 1 is 1.13 bits per heavy atom. The van der Waals surface area contributed by atoms with Gasteiger partial charge in [0.25, 0.3) is 0 Å². The first kappa shape index (κ1) is 14.2. The number of H-pyrrole nitrogens is 1. The van der Waals surface area contributed by atoms with Crippen molar-refractivity contribution in [3.8, 4) is 17.0 Å². The molecule has 0 amide bonds. The minimum absolute atomic E-state index is 0.120. The maximum atomic E-state index is 12.0. The lowest BCUT2D eigenvalue weighted by molar-refractivity contribution is 0.144. The van der Waals surface area contributed by atoms with E-state index in [1.807, 2.05) is 36.4 Å². The van der Waals surface area contributed by atoms with E-state index in [2.05, 4.69) is 15.3 Å². The summed E-state index contributed by atoms with van der Waals surface area (Å²) in [5.74, 6) is 0.679. The topological polar surface area (TPSA) is 67.0 Å². The minimum atomic E-state index is -0.430. The smallest absolute Gasteiger partial charge is 0.346 e. The van der Waals surface area contributed by atoms with Crippen LogP contribution >= 0.6 is 11.6 Å². The number of aromatic amines is 1. The number of aromatic nitrogens is 2. The van der Waals surface area contributed by atoms with Crippen LogP contribution in [0.15, 0.2) is 47.3 Å². The molecule has 0 spiro atoms. The fraction of sp³-hybridized carbons (Fsp3) is 0.176. The number of nitrogens with one attached hydrogen (secondary N) is 2. The van der Waals surface area contributed by atoms with Crippen LogP contribution in [0.1, 0.15) is 0 Å². The van der Waals surface area contributed by atoms with Gasteiger partial charge in [-0.3, -0.25) is 0 Å². The van der Waals surface area contributed by atoms with Gasteiger partial charge in [-0.1, -0.05) is 41.9 Å². The van der Waals surface area contributed by atoms with E-state index in [9.17, 15) is 4.79 Å². The Morgan fingerprint density at radius 2 is 1.91 bits per heavy atom. The van der Waals surface area contributed by atoms with Gasteiger partial charge in [-0.15, -0.1) is 0 Å². The molecule has 4 rings (SSSR count). The third-order valence-corrected chi connectivity index (χ3v) is 4.19. The van der Waals surface area contributed by atoms with Gasteiger partial charge in [0.05, 0.1) is 16.1 Å². The summed E-state index contributed by atoms with van der Waals surface area (Å²) in [6.45, 7) is 1.61. The first-order valence-corrected chi connectivity index (χ1v) is 7.75. The summed E-state index contributed by atoms with van der Waals surface area (Å²) < 4.78 is 6.04. The molecule has 0 bridgehead atoms. The van der Waals surface area contributed by atoms with Crippen molar-refractivity contribution < 1.29 is 4.74 Å². The highest BCUT2D eigenvalue weighted by Gasteiger charge is 2.22. The standard InChI is InChI=1S/C17H14ClN3O2/c18-12-6-7-13(23-11-8-19-9-11)14-15(10-4-2-1-3-5-10)20-17(22)21-16(12)14/h1-7,11,19H,8-9H2,(H,20,21,22). The van der Waals surface area contributed by atoms with E-state index in [1.165, 1.54) is 0 Å². The molecular weight excluding hydrogens is 314 g/mol. The third-order valence-electron chi connectivity index (χ3n) is 3.89. The van der Waals surface area contributed by atoms with Crippen molar-refractivity contribution in [1.82, 2.24) is 15.3 Å². The predicted octanol–water partition coefficient (Wildman–Crippen LogP) is 2.59. The summed E-state index contributed by atoms with van der Waals surface area (Å²) >= 11 is 6.26. The zero-order valence-electron chi connectivity index (χ0n) is 12.2. The van der Waals surface area contributed by atoms with Crippen LogP contribution in [0.2, 0.25) is 5.02 Å². The van der Waals surface area contributed by atoms with E-state index in [1.54, 1.807) is 6.07 Å². The second-order valence-corrected chi connectivity index (χ2v) is 5.86. The van der Waals surface area contributed by atoms with Crippen LogP contribution in [0.4, 0.5) is 0 Å². The molecule has 2 aromatic carbocycles. The van der Waals surface area contributed by atoms with Crippen LogP contribution < -0.4 is 15.7 Å². The molecule has 0 saturated carbocycles. The van der Waals surface area contributed by atoms with Crippen LogP contribution in [0, 0.1) is 0 Å². The summed E-state index contributed by atoms with van der Waals surface area (Å²) in [5.41, 5.74) is 1.58. The van der Waals surface area contributed by atoms with E-state index >= 15 is 0 Å². The molecule has 0 unspecified atom stereocenters. The molecule has 2 N–H and O–H groups in total. The average Bonchev–Trinajstić information content (AvgIpc) is 2.53. The fourth-order valence-corrected chi connectivity index (χ4v) is 2.84. The van der Waals surface area contributed by atoms with Crippen molar-refractivity contribution >= 4 is 22.5 Å². The Hall–Kier alpha value is -2.37. The van der Waals surface area contributed by atoms with Gasteiger partial charge < -0.3 is 15.0 Å². The number of ether oxygens (including phenoxy) is 1. The van der Waals surface area contributed by atoms with E-state index in [0.717, 1.165) is 24.0 Å². The Morgan fingerprint density at radius 3 is 2.61 bits per heavy atom. The second kappa shape index (κ2) is 5.68. The number of fused-ring (bicyclic) bond motifs is 1. The maximum absolute atomic E-state index is 12.0. The summed E-state index contributed by atoms with van der Waals surface area (Å²) in [7, 11) is 0. The molecule has 116 valence electrons. The lowest BCUT2D eigenvalue weighted by Gasteiger charge is -2.28. The number of halogens is 1. The highest BCUT2D eigenvalue weighted by Crippen LogP contribution is 2.36. The first-order valence-electron chi connectivity index (χ1n) is 7.38. The minimum Gasteiger partial charge on any atom is -0.487 e. The monoisotopic (exact) mass is 327 g/mol. The molecule has 5 nitrogen and oxygen atoms in total. The average molecular weight is 328 g/mol. The molecule has 0 atom stereocenters. The van der Waals surface area contributed by atoms with Gasteiger partial charge in [0.2, 0.25) is 0 Å². The van der Waals surface area contributed by atoms with E-state index in [4.69, 9.17) is 16.3 Å². The van der Waals surface area contributed by atoms with E-state index < -0.39 is 5.69 Å². The molecule has 1 aliphatic heterocycles. The molecule has 1 aromatic heterocycles. The predicted molar refractivity (Wildman–Crippen MR) is 90.1 cm³/mol. The summed E-state index contributed by atoms with van der Waals surface area (Å²) in [5, 5.41) is 4.34. The number of benzene rings is 2. The van der Waals surface area contributed by atoms with E-state index in [-0.39, 0.29) is 6.10 Å². The molecular formula is C17H14ClN3O2. The van der Waals surface area contributed by atoms with Crippen LogP contribution in [0.3, 0.4) is 0 Å². The van der Waals surface area contributed by atoms with Gasteiger partial charge in [-0.2, -0.15) is 4.98 Å².